The van der Waals surface area contributed by atoms with Gasteiger partial charge in [-0.05, 0) is 55.5 Å². The molecule has 5 nitrogen and oxygen atoms in total. The second-order valence-electron chi connectivity index (χ2n) is 4.34. The number of rotatable bonds is 2. The molecule has 0 aromatic heterocycles. The molecule has 110 valence electrons. The Labute approximate surface area is 123 Å². The SMILES string of the molecule is CC(=O)Oc1ccc(N)cc1.CC(=O)c1ccc(N)cc1. The fourth-order valence-electron chi connectivity index (χ4n) is 1.42. The Bertz CT molecular complexity index is 604. The number of hydrogen-bond donors (Lipinski definition) is 2. The van der Waals surface area contributed by atoms with Crippen LogP contribution in [0.5, 0.6) is 5.75 Å². The van der Waals surface area contributed by atoms with E-state index < -0.39 is 0 Å². The van der Waals surface area contributed by atoms with Gasteiger partial charge >= 0.3 is 5.97 Å². The number of esters is 1. The lowest BCUT2D eigenvalue weighted by Crippen LogP contribution is -2.00. The van der Waals surface area contributed by atoms with Gasteiger partial charge in [0.15, 0.2) is 5.78 Å². The van der Waals surface area contributed by atoms with Crippen LogP contribution >= 0.6 is 0 Å². The molecule has 0 saturated heterocycles. The Balaban J connectivity index is 0.000000211. The van der Waals surface area contributed by atoms with E-state index in [9.17, 15) is 9.59 Å². The molecule has 2 aromatic carbocycles. The van der Waals surface area contributed by atoms with Crippen molar-refractivity contribution in [2.24, 2.45) is 0 Å². The van der Waals surface area contributed by atoms with Gasteiger partial charge in [0.05, 0.1) is 0 Å². The summed E-state index contributed by atoms with van der Waals surface area (Å²) in [6.07, 6.45) is 0. The first-order valence-electron chi connectivity index (χ1n) is 6.29. The summed E-state index contributed by atoms with van der Waals surface area (Å²) < 4.78 is 4.77. The van der Waals surface area contributed by atoms with Gasteiger partial charge in [0.2, 0.25) is 0 Å². The molecule has 4 N–H and O–H groups in total. The second-order valence-corrected chi connectivity index (χ2v) is 4.34. The molecule has 5 heteroatoms. The summed E-state index contributed by atoms with van der Waals surface area (Å²) in [6.45, 7) is 2.89. The number of nitrogen functional groups attached to an aromatic ring is 2. The lowest BCUT2D eigenvalue weighted by molar-refractivity contribution is -0.131. The molecule has 0 bridgehead atoms. The van der Waals surface area contributed by atoms with Crippen molar-refractivity contribution in [3.8, 4) is 5.75 Å². The van der Waals surface area contributed by atoms with Gasteiger partial charge in [-0.15, -0.1) is 0 Å². The number of nitrogens with two attached hydrogens (primary N) is 2. The lowest BCUT2D eigenvalue weighted by atomic mass is 10.1. The van der Waals surface area contributed by atoms with Crippen LogP contribution in [-0.4, -0.2) is 11.8 Å². The number of ether oxygens (including phenoxy) is 1. The van der Waals surface area contributed by atoms with E-state index in [1.807, 2.05) is 0 Å². The Kier molecular flexibility index (Phi) is 5.95. The minimum Gasteiger partial charge on any atom is -0.427 e. The highest BCUT2D eigenvalue weighted by Gasteiger charge is 1.96. The monoisotopic (exact) mass is 286 g/mol. The smallest absolute Gasteiger partial charge is 0.308 e. The zero-order valence-electron chi connectivity index (χ0n) is 12.0. The van der Waals surface area contributed by atoms with E-state index in [0.717, 1.165) is 0 Å². The van der Waals surface area contributed by atoms with Gasteiger partial charge in [-0.25, -0.2) is 0 Å². The number of anilines is 2. The molecule has 0 fully saturated rings. The third kappa shape index (κ3) is 6.24. The van der Waals surface area contributed by atoms with Crippen LogP contribution in [0, 0.1) is 0 Å². The number of Topliss-reactive ketones (excluding diaryl/α,β-unsaturated/α-hetero) is 1. The molecule has 0 amide bonds. The highest BCUT2D eigenvalue weighted by atomic mass is 16.5. The lowest BCUT2D eigenvalue weighted by Gasteiger charge is -1.99. The van der Waals surface area contributed by atoms with Crippen LogP contribution in [0.2, 0.25) is 0 Å². The van der Waals surface area contributed by atoms with Gasteiger partial charge in [-0.1, -0.05) is 0 Å². The molecule has 0 aliphatic carbocycles. The minimum atomic E-state index is -0.324. The molecular formula is C16H18N2O3. The molecule has 0 aliphatic rings. The molecule has 2 rings (SSSR count). The van der Waals surface area contributed by atoms with Gasteiger partial charge in [0, 0.05) is 23.9 Å². The topological polar surface area (TPSA) is 95.4 Å². The number of benzene rings is 2. The summed E-state index contributed by atoms with van der Waals surface area (Å²) >= 11 is 0. The van der Waals surface area contributed by atoms with Crippen molar-refractivity contribution in [2.75, 3.05) is 11.5 Å². The summed E-state index contributed by atoms with van der Waals surface area (Å²) in [4.78, 5) is 21.2. The second kappa shape index (κ2) is 7.69. The maximum absolute atomic E-state index is 10.7. The van der Waals surface area contributed by atoms with Crippen molar-refractivity contribution in [1.29, 1.82) is 0 Å². The fourth-order valence-corrected chi connectivity index (χ4v) is 1.42. The highest BCUT2D eigenvalue weighted by molar-refractivity contribution is 5.94. The number of ketones is 1. The van der Waals surface area contributed by atoms with Gasteiger partial charge in [0.25, 0.3) is 0 Å². The Morgan fingerprint density at radius 3 is 1.62 bits per heavy atom. The van der Waals surface area contributed by atoms with E-state index in [4.69, 9.17) is 16.2 Å². The Morgan fingerprint density at radius 1 is 0.810 bits per heavy atom. The highest BCUT2D eigenvalue weighted by Crippen LogP contribution is 2.12. The number of carbonyl (C=O) groups is 2. The van der Waals surface area contributed by atoms with E-state index in [0.29, 0.717) is 22.7 Å². The standard InChI is InChI=1S/C8H9NO2.C8H9NO/c1-6(10)11-8-4-2-7(9)3-5-8;1-6(10)7-2-4-8(9)5-3-7/h2-5H,9H2,1H3;2-5H,9H2,1H3. The summed E-state index contributed by atoms with van der Waals surface area (Å²) in [5.41, 5.74) is 12.9. The van der Waals surface area contributed by atoms with Gasteiger partial charge < -0.3 is 16.2 Å². The van der Waals surface area contributed by atoms with Crippen LogP contribution in [0.15, 0.2) is 48.5 Å². The van der Waals surface area contributed by atoms with Crippen LogP contribution in [0.1, 0.15) is 24.2 Å². The molecule has 2 aromatic rings. The van der Waals surface area contributed by atoms with Crippen molar-refractivity contribution < 1.29 is 14.3 Å². The first-order valence-corrected chi connectivity index (χ1v) is 6.29. The molecule has 21 heavy (non-hydrogen) atoms. The normalized spacial score (nSPS) is 9.24. The van der Waals surface area contributed by atoms with Crippen LogP contribution in [0.4, 0.5) is 11.4 Å². The molecule has 0 aliphatic heterocycles. The predicted molar refractivity (Wildman–Crippen MR) is 83.0 cm³/mol. The van der Waals surface area contributed by atoms with E-state index >= 15 is 0 Å². The first kappa shape index (κ1) is 16.2. The minimum absolute atomic E-state index is 0.0694. The van der Waals surface area contributed by atoms with Crippen molar-refractivity contribution in [3.05, 3.63) is 54.1 Å². The van der Waals surface area contributed by atoms with Gasteiger partial charge in [0.1, 0.15) is 5.75 Å². The van der Waals surface area contributed by atoms with Gasteiger partial charge in [-0.3, -0.25) is 9.59 Å². The van der Waals surface area contributed by atoms with Crippen LogP contribution < -0.4 is 16.2 Å². The van der Waals surface area contributed by atoms with E-state index in [1.54, 1.807) is 48.5 Å². The van der Waals surface area contributed by atoms with Crippen LogP contribution in [-0.2, 0) is 4.79 Å². The van der Waals surface area contributed by atoms with Crippen LogP contribution in [0.3, 0.4) is 0 Å². The molecule has 0 radical (unpaired) electrons. The first-order chi connectivity index (χ1) is 9.88. The zero-order valence-corrected chi connectivity index (χ0v) is 12.0. The van der Waals surface area contributed by atoms with Gasteiger partial charge in [-0.2, -0.15) is 0 Å². The van der Waals surface area contributed by atoms with Crippen molar-refractivity contribution >= 4 is 23.1 Å². The summed E-state index contributed by atoms with van der Waals surface area (Å²) in [5, 5.41) is 0. The molecule has 0 spiro atoms. The number of hydrogen-bond acceptors (Lipinski definition) is 5. The molecule has 0 saturated carbocycles. The summed E-state index contributed by atoms with van der Waals surface area (Å²) in [5.74, 6) is 0.265. The third-order valence-electron chi connectivity index (χ3n) is 2.46. The summed E-state index contributed by atoms with van der Waals surface area (Å²) in [7, 11) is 0. The fraction of sp³-hybridized carbons (Fsp3) is 0.125. The predicted octanol–water partition coefficient (Wildman–Crippen LogP) is 2.67. The third-order valence-corrected chi connectivity index (χ3v) is 2.46. The largest absolute Gasteiger partial charge is 0.427 e. The Hall–Kier alpha value is -2.82. The quantitative estimate of drug-likeness (QED) is 0.383. The van der Waals surface area contributed by atoms with E-state index in [2.05, 4.69) is 0 Å². The average Bonchev–Trinajstić information content (AvgIpc) is 2.42. The maximum Gasteiger partial charge on any atom is 0.308 e. The Morgan fingerprint density at radius 2 is 1.24 bits per heavy atom. The van der Waals surface area contributed by atoms with Crippen molar-refractivity contribution in [1.82, 2.24) is 0 Å². The number of carbonyl (C=O) groups excluding carboxylic acids is 2. The molecule has 0 atom stereocenters. The maximum atomic E-state index is 10.7. The summed E-state index contributed by atoms with van der Waals surface area (Å²) in [6, 6.07) is 13.5. The van der Waals surface area contributed by atoms with E-state index in [1.165, 1.54) is 13.8 Å². The van der Waals surface area contributed by atoms with Crippen molar-refractivity contribution in [2.45, 2.75) is 13.8 Å². The van der Waals surface area contributed by atoms with Crippen LogP contribution in [0.25, 0.3) is 0 Å². The molecule has 0 unspecified atom stereocenters. The van der Waals surface area contributed by atoms with E-state index in [-0.39, 0.29) is 11.8 Å². The zero-order chi connectivity index (χ0) is 15.8. The molecular weight excluding hydrogens is 268 g/mol. The molecule has 0 heterocycles. The van der Waals surface area contributed by atoms with Crippen molar-refractivity contribution in [3.63, 3.8) is 0 Å². The average molecular weight is 286 g/mol.